The monoisotopic (exact) mass is 276 g/mol. The van der Waals surface area contributed by atoms with Crippen LogP contribution in [0.4, 0.5) is 0 Å². The van der Waals surface area contributed by atoms with Crippen LogP contribution in [0.5, 0.6) is 0 Å². The van der Waals surface area contributed by atoms with Crippen molar-refractivity contribution in [2.45, 2.75) is 18.5 Å². The maximum absolute atomic E-state index is 6.01. The molecule has 0 spiro atoms. The van der Waals surface area contributed by atoms with Gasteiger partial charge in [0.25, 0.3) is 0 Å². The lowest BCUT2D eigenvalue weighted by molar-refractivity contribution is 0.0176. The highest BCUT2D eigenvalue weighted by Crippen LogP contribution is 2.26. The lowest BCUT2D eigenvalue weighted by Gasteiger charge is -2.33. The Balaban J connectivity index is 1.63. The third-order valence-corrected chi connectivity index (χ3v) is 4.49. The molecular formula is C15H24N4O. The predicted molar refractivity (Wildman–Crippen MR) is 78.4 cm³/mol. The Hall–Kier alpha value is -1.01. The molecule has 0 radical (unpaired) electrons. The molecule has 2 N–H and O–H groups in total. The number of hydrogen-bond acceptors (Lipinski definition) is 5. The van der Waals surface area contributed by atoms with Crippen LogP contribution >= 0.6 is 0 Å². The number of rotatable bonds is 4. The first-order valence-corrected chi connectivity index (χ1v) is 7.54. The molecule has 20 heavy (non-hydrogen) atoms. The lowest BCUT2D eigenvalue weighted by atomic mass is 10.1. The van der Waals surface area contributed by atoms with Crippen molar-refractivity contribution in [1.82, 2.24) is 14.8 Å². The van der Waals surface area contributed by atoms with Crippen molar-refractivity contribution < 1.29 is 4.74 Å². The van der Waals surface area contributed by atoms with Gasteiger partial charge in [0.05, 0.1) is 13.2 Å². The summed E-state index contributed by atoms with van der Waals surface area (Å²) in [5, 5.41) is 0. The van der Waals surface area contributed by atoms with Crippen molar-refractivity contribution >= 4 is 0 Å². The number of nitrogens with two attached hydrogens (primary N) is 1. The zero-order chi connectivity index (χ0) is 13.8. The maximum atomic E-state index is 6.01. The fourth-order valence-electron chi connectivity index (χ4n) is 3.36. The van der Waals surface area contributed by atoms with Crippen LogP contribution in [0.1, 0.15) is 18.0 Å². The van der Waals surface area contributed by atoms with E-state index in [1.54, 1.807) is 0 Å². The second kappa shape index (κ2) is 6.63. The molecule has 110 valence electrons. The Kier molecular flexibility index (Phi) is 4.62. The summed E-state index contributed by atoms with van der Waals surface area (Å²) in [6.07, 6.45) is 4.99. The van der Waals surface area contributed by atoms with Gasteiger partial charge in [-0.15, -0.1) is 0 Å². The van der Waals surface area contributed by atoms with Crippen LogP contribution in [0.2, 0.25) is 0 Å². The van der Waals surface area contributed by atoms with E-state index in [4.69, 9.17) is 10.5 Å². The van der Waals surface area contributed by atoms with Gasteiger partial charge in [-0.05, 0) is 18.1 Å². The Morgan fingerprint density at radius 1 is 1.35 bits per heavy atom. The molecule has 2 atom stereocenters. The van der Waals surface area contributed by atoms with Crippen molar-refractivity contribution in [2.75, 3.05) is 45.9 Å². The molecule has 2 aliphatic heterocycles. The van der Waals surface area contributed by atoms with E-state index in [9.17, 15) is 0 Å². The van der Waals surface area contributed by atoms with E-state index >= 15 is 0 Å². The second-order valence-corrected chi connectivity index (χ2v) is 5.62. The van der Waals surface area contributed by atoms with Gasteiger partial charge in [-0.3, -0.25) is 14.8 Å². The van der Waals surface area contributed by atoms with Gasteiger partial charge < -0.3 is 10.5 Å². The first-order valence-electron chi connectivity index (χ1n) is 7.54. The summed E-state index contributed by atoms with van der Waals surface area (Å²) in [4.78, 5) is 9.31. The number of aromatic nitrogens is 1. The van der Waals surface area contributed by atoms with Crippen LogP contribution in [0.25, 0.3) is 0 Å². The number of nitrogens with zero attached hydrogens (tertiary/aromatic N) is 3. The average Bonchev–Trinajstić information content (AvgIpc) is 3.00. The van der Waals surface area contributed by atoms with Crippen LogP contribution in [0.3, 0.4) is 0 Å². The Morgan fingerprint density at radius 3 is 2.90 bits per heavy atom. The summed E-state index contributed by atoms with van der Waals surface area (Å²) in [7, 11) is 0. The van der Waals surface area contributed by atoms with Crippen molar-refractivity contribution in [3.05, 3.63) is 30.1 Å². The summed E-state index contributed by atoms with van der Waals surface area (Å²) in [6.45, 7) is 6.77. The normalized spacial score (nSPS) is 26.8. The molecule has 2 aliphatic rings. The van der Waals surface area contributed by atoms with Gasteiger partial charge in [0.15, 0.2) is 0 Å². The first kappa shape index (κ1) is 13.9. The Labute approximate surface area is 120 Å². The molecule has 2 saturated heterocycles. The third kappa shape index (κ3) is 3.01. The van der Waals surface area contributed by atoms with Crippen molar-refractivity contribution in [1.29, 1.82) is 0 Å². The van der Waals surface area contributed by atoms with E-state index < -0.39 is 0 Å². The molecule has 0 aliphatic carbocycles. The molecule has 0 amide bonds. The van der Waals surface area contributed by atoms with Crippen LogP contribution < -0.4 is 5.73 Å². The third-order valence-electron chi connectivity index (χ3n) is 4.49. The van der Waals surface area contributed by atoms with Crippen molar-refractivity contribution in [3.63, 3.8) is 0 Å². The van der Waals surface area contributed by atoms with Crippen LogP contribution in [-0.2, 0) is 4.74 Å². The fourth-order valence-corrected chi connectivity index (χ4v) is 3.36. The number of pyridine rings is 1. The van der Waals surface area contributed by atoms with Gasteiger partial charge in [-0.2, -0.15) is 0 Å². The summed E-state index contributed by atoms with van der Waals surface area (Å²) in [5.41, 5.74) is 7.24. The number of morpholine rings is 1. The fraction of sp³-hybridized carbons (Fsp3) is 0.667. The minimum atomic E-state index is 0.301. The second-order valence-electron chi connectivity index (χ2n) is 5.62. The van der Waals surface area contributed by atoms with Crippen LogP contribution in [0, 0.1) is 0 Å². The molecule has 1 aromatic rings. The summed E-state index contributed by atoms with van der Waals surface area (Å²) >= 11 is 0. The lowest BCUT2D eigenvalue weighted by Crippen LogP contribution is -2.45. The van der Waals surface area contributed by atoms with Gasteiger partial charge in [-0.25, -0.2) is 0 Å². The van der Waals surface area contributed by atoms with Crippen molar-refractivity contribution in [3.8, 4) is 0 Å². The van der Waals surface area contributed by atoms with E-state index in [-0.39, 0.29) is 0 Å². The highest BCUT2D eigenvalue weighted by molar-refractivity contribution is 5.15. The Morgan fingerprint density at radius 2 is 2.20 bits per heavy atom. The SMILES string of the molecule is NCC(c1cccnc1)N1CCC(N2CCOCC2)C1. The molecule has 5 heteroatoms. The minimum Gasteiger partial charge on any atom is -0.379 e. The molecular weight excluding hydrogens is 252 g/mol. The van der Waals surface area contributed by atoms with Crippen LogP contribution in [-0.4, -0.2) is 66.8 Å². The number of ether oxygens (including phenoxy) is 1. The number of likely N-dealkylation sites (tertiary alicyclic amines) is 1. The summed E-state index contributed by atoms with van der Waals surface area (Å²) < 4.78 is 5.44. The van der Waals surface area contributed by atoms with E-state index in [0.717, 1.165) is 39.4 Å². The summed E-state index contributed by atoms with van der Waals surface area (Å²) in [6, 6.07) is 5.08. The summed E-state index contributed by atoms with van der Waals surface area (Å²) in [5.74, 6) is 0. The topological polar surface area (TPSA) is 54.6 Å². The van der Waals surface area contributed by atoms with Gasteiger partial charge in [-0.1, -0.05) is 6.07 Å². The molecule has 1 aromatic heterocycles. The predicted octanol–water partition coefficient (Wildman–Crippen LogP) is 0.488. The van der Waals surface area contributed by atoms with Gasteiger partial charge in [0, 0.05) is 57.2 Å². The highest BCUT2D eigenvalue weighted by Gasteiger charge is 2.32. The van der Waals surface area contributed by atoms with Gasteiger partial charge in [0.2, 0.25) is 0 Å². The van der Waals surface area contributed by atoms with Gasteiger partial charge in [0.1, 0.15) is 0 Å². The Bertz CT molecular complexity index is 408. The van der Waals surface area contributed by atoms with E-state index in [0.29, 0.717) is 18.6 Å². The first-order chi connectivity index (χ1) is 9.88. The largest absolute Gasteiger partial charge is 0.379 e. The molecule has 2 fully saturated rings. The minimum absolute atomic E-state index is 0.301. The smallest absolute Gasteiger partial charge is 0.0594 e. The quantitative estimate of drug-likeness (QED) is 0.867. The molecule has 3 rings (SSSR count). The maximum Gasteiger partial charge on any atom is 0.0594 e. The number of hydrogen-bond donors (Lipinski definition) is 1. The zero-order valence-corrected chi connectivity index (χ0v) is 11.9. The molecule has 0 bridgehead atoms. The molecule has 0 saturated carbocycles. The van der Waals surface area contributed by atoms with Gasteiger partial charge >= 0.3 is 0 Å². The van der Waals surface area contributed by atoms with Crippen LogP contribution in [0.15, 0.2) is 24.5 Å². The molecule has 3 heterocycles. The van der Waals surface area contributed by atoms with E-state index in [1.807, 2.05) is 18.5 Å². The van der Waals surface area contributed by atoms with Crippen molar-refractivity contribution in [2.24, 2.45) is 5.73 Å². The van der Waals surface area contributed by atoms with E-state index in [1.165, 1.54) is 12.0 Å². The molecule has 0 aromatic carbocycles. The highest BCUT2D eigenvalue weighted by atomic mass is 16.5. The zero-order valence-electron chi connectivity index (χ0n) is 11.9. The molecule has 2 unspecified atom stereocenters. The average molecular weight is 276 g/mol. The standard InChI is InChI=1S/C15H24N4O/c16-10-15(13-2-1-4-17-11-13)19-5-3-14(12-19)18-6-8-20-9-7-18/h1-2,4,11,14-15H,3,5-10,12,16H2. The molecule has 5 nitrogen and oxygen atoms in total. The van der Waals surface area contributed by atoms with E-state index in [2.05, 4.69) is 20.9 Å².